The van der Waals surface area contributed by atoms with Crippen molar-refractivity contribution in [3.8, 4) is 0 Å². The van der Waals surface area contributed by atoms with Crippen LogP contribution in [0.1, 0.15) is 10.4 Å². The van der Waals surface area contributed by atoms with E-state index in [9.17, 15) is 4.79 Å². The molecule has 11 heavy (non-hydrogen) atoms. The van der Waals surface area contributed by atoms with E-state index in [0.29, 0.717) is 11.8 Å². The summed E-state index contributed by atoms with van der Waals surface area (Å²) < 4.78 is 0. The number of rotatable bonds is 1. The van der Waals surface area contributed by atoms with Crippen LogP contribution in [-0.4, -0.2) is 23.5 Å². The van der Waals surface area contributed by atoms with Gasteiger partial charge in [0, 0.05) is 13.3 Å². The Morgan fingerprint density at radius 1 is 1.64 bits per heavy atom. The smallest absolute Gasteiger partial charge is 0.153 e. The van der Waals surface area contributed by atoms with E-state index in [-0.39, 0.29) is 5.15 Å². The number of aromatic nitrogens is 1. The highest BCUT2D eigenvalue weighted by Crippen LogP contribution is 2.07. The fourth-order valence-electron chi connectivity index (χ4n) is 0.486. The lowest BCUT2D eigenvalue weighted by Crippen LogP contribution is -1.82. The number of aliphatic hydroxyl groups excluding tert-OH is 1. The van der Waals surface area contributed by atoms with Gasteiger partial charge in [0.2, 0.25) is 0 Å². The monoisotopic (exact) mass is 173 g/mol. The second-order valence-corrected chi connectivity index (χ2v) is 1.86. The molecule has 0 aliphatic heterocycles. The minimum Gasteiger partial charge on any atom is -0.400 e. The van der Waals surface area contributed by atoms with Gasteiger partial charge in [-0.2, -0.15) is 0 Å². The molecule has 0 saturated carbocycles. The number of halogens is 1. The maximum atomic E-state index is 10.1. The van der Waals surface area contributed by atoms with E-state index < -0.39 is 0 Å². The summed E-state index contributed by atoms with van der Waals surface area (Å²) in [6.07, 6.45) is 2.21. The van der Waals surface area contributed by atoms with Crippen molar-refractivity contribution in [2.24, 2.45) is 0 Å². The van der Waals surface area contributed by atoms with Crippen molar-refractivity contribution in [1.82, 2.24) is 4.98 Å². The molecule has 0 aromatic carbocycles. The molecule has 0 atom stereocenters. The van der Waals surface area contributed by atoms with Gasteiger partial charge >= 0.3 is 0 Å². The molecule has 1 N–H and O–H groups in total. The van der Waals surface area contributed by atoms with Crippen LogP contribution in [-0.2, 0) is 0 Å². The molecule has 0 amide bonds. The topological polar surface area (TPSA) is 50.2 Å². The molecule has 0 fully saturated rings. The van der Waals surface area contributed by atoms with E-state index in [2.05, 4.69) is 4.98 Å². The van der Waals surface area contributed by atoms with Crippen LogP contribution in [0, 0.1) is 0 Å². The molecule has 0 spiro atoms. The summed E-state index contributed by atoms with van der Waals surface area (Å²) >= 11 is 5.48. The van der Waals surface area contributed by atoms with Crippen molar-refractivity contribution < 1.29 is 9.90 Å². The number of nitrogens with zero attached hydrogens (tertiary/aromatic N) is 1. The van der Waals surface area contributed by atoms with E-state index in [0.717, 1.165) is 7.11 Å². The van der Waals surface area contributed by atoms with Crippen LogP contribution in [0.5, 0.6) is 0 Å². The van der Waals surface area contributed by atoms with Gasteiger partial charge in [-0.3, -0.25) is 4.79 Å². The van der Waals surface area contributed by atoms with Crippen molar-refractivity contribution in [1.29, 1.82) is 0 Å². The van der Waals surface area contributed by atoms with Gasteiger partial charge in [-0.1, -0.05) is 11.6 Å². The van der Waals surface area contributed by atoms with Crippen LogP contribution < -0.4 is 0 Å². The third kappa shape index (κ3) is 3.11. The standard InChI is InChI=1S/C6H4ClNO.CH4O/c7-6-5(4-9)2-1-3-8-6;1-2/h1-4H;2H,1H3. The van der Waals surface area contributed by atoms with E-state index in [1.54, 1.807) is 12.1 Å². The molecule has 0 aliphatic rings. The predicted molar refractivity (Wildman–Crippen MR) is 42.8 cm³/mol. The van der Waals surface area contributed by atoms with Crippen molar-refractivity contribution in [2.75, 3.05) is 7.11 Å². The first-order valence-corrected chi connectivity index (χ1v) is 3.23. The molecule has 1 heterocycles. The van der Waals surface area contributed by atoms with Gasteiger partial charge in [0.05, 0.1) is 5.56 Å². The maximum Gasteiger partial charge on any atom is 0.153 e. The molecule has 0 radical (unpaired) electrons. The summed E-state index contributed by atoms with van der Waals surface area (Å²) in [5.41, 5.74) is 0.430. The summed E-state index contributed by atoms with van der Waals surface area (Å²) in [5, 5.41) is 7.26. The zero-order valence-corrected chi connectivity index (χ0v) is 6.75. The SMILES string of the molecule is CO.O=Cc1cccnc1Cl. The molecule has 0 bridgehead atoms. The van der Waals surface area contributed by atoms with Crippen molar-refractivity contribution >= 4 is 17.9 Å². The Balaban J connectivity index is 0.000000461. The highest BCUT2D eigenvalue weighted by Gasteiger charge is 1.94. The first-order chi connectivity index (χ1) is 5.34. The number of hydrogen-bond donors (Lipinski definition) is 1. The Kier molecular flexibility index (Phi) is 5.33. The molecule has 3 nitrogen and oxygen atoms in total. The highest BCUT2D eigenvalue weighted by atomic mass is 35.5. The third-order valence-corrected chi connectivity index (χ3v) is 1.23. The molecule has 0 aliphatic carbocycles. The van der Waals surface area contributed by atoms with Crippen molar-refractivity contribution in [3.05, 3.63) is 29.0 Å². The largest absolute Gasteiger partial charge is 0.400 e. The highest BCUT2D eigenvalue weighted by molar-refractivity contribution is 6.31. The first-order valence-electron chi connectivity index (χ1n) is 2.85. The number of aliphatic hydroxyl groups is 1. The minimum absolute atomic E-state index is 0.257. The van der Waals surface area contributed by atoms with Crippen molar-refractivity contribution in [3.63, 3.8) is 0 Å². The molecule has 0 unspecified atom stereocenters. The molecule has 1 aromatic rings. The predicted octanol–water partition coefficient (Wildman–Crippen LogP) is 1.16. The molecular formula is C7H8ClNO2. The molecule has 60 valence electrons. The molecular weight excluding hydrogens is 166 g/mol. The lowest BCUT2D eigenvalue weighted by atomic mass is 10.3. The van der Waals surface area contributed by atoms with E-state index >= 15 is 0 Å². The summed E-state index contributed by atoms with van der Waals surface area (Å²) in [5.74, 6) is 0. The van der Waals surface area contributed by atoms with Gasteiger partial charge in [0.25, 0.3) is 0 Å². The van der Waals surface area contributed by atoms with Crippen LogP contribution in [0.3, 0.4) is 0 Å². The lowest BCUT2D eigenvalue weighted by molar-refractivity contribution is 0.112. The average molecular weight is 174 g/mol. The number of hydrogen-bond acceptors (Lipinski definition) is 3. The fraction of sp³-hybridized carbons (Fsp3) is 0.143. The summed E-state index contributed by atoms with van der Waals surface area (Å²) in [4.78, 5) is 13.8. The van der Waals surface area contributed by atoms with Crippen LogP contribution in [0.2, 0.25) is 5.15 Å². The quantitative estimate of drug-likeness (QED) is 0.512. The second-order valence-electron chi connectivity index (χ2n) is 1.50. The van der Waals surface area contributed by atoms with Crippen LogP contribution in [0.25, 0.3) is 0 Å². The number of pyridine rings is 1. The van der Waals surface area contributed by atoms with Gasteiger partial charge in [-0.25, -0.2) is 4.98 Å². The van der Waals surface area contributed by atoms with Gasteiger partial charge in [0.15, 0.2) is 6.29 Å². The summed E-state index contributed by atoms with van der Waals surface area (Å²) in [6.45, 7) is 0. The molecule has 4 heteroatoms. The van der Waals surface area contributed by atoms with E-state index in [1.807, 2.05) is 0 Å². The summed E-state index contributed by atoms with van der Waals surface area (Å²) in [7, 11) is 1.00. The van der Waals surface area contributed by atoms with Crippen LogP contribution in [0.15, 0.2) is 18.3 Å². The molecule has 1 aromatic heterocycles. The maximum absolute atomic E-state index is 10.1. The van der Waals surface area contributed by atoms with Crippen LogP contribution in [0.4, 0.5) is 0 Å². The second kappa shape index (κ2) is 5.82. The van der Waals surface area contributed by atoms with E-state index in [1.165, 1.54) is 6.20 Å². The first kappa shape index (κ1) is 10.1. The Labute approximate surface area is 69.6 Å². The Morgan fingerprint density at radius 2 is 2.27 bits per heavy atom. The average Bonchev–Trinajstić information content (AvgIpc) is 2.09. The van der Waals surface area contributed by atoms with Gasteiger partial charge in [0.1, 0.15) is 5.15 Å². The summed E-state index contributed by atoms with van der Waals surface area (Å²) in [6, 6.07) is 3.28. The number of carbonyl (C=O) groups excluding carboxylic acids is 1. The van der Waals surface area contributed by atoms with Gasteiger partial charge in [-0.15, -0.1) is 0 Å². The zero-order chi connectivity index (χ0) is 8.69. The van der Waals surface area contributed by atoms with Gasteiger partial charge < -0.3 is 5.11 Å². The van der Waals surface area contributed by atoms with Crippen LogP contribution >= 0.6 is 11.6 Å². The Bertz CT molecular complexity index is 227. The Hall–Kier alpha value is -0.930. The zero-order valence-electron chi connectivity index (χ0n) is 5.99. The lowest BCUT2D eigenvalue weighted by Gasteiger charge is -1.89. The minimum atomic E-state index is 0.257. The fourth-order valence-corrected chi connectivity index (χ4v) is 0.650. The normalized spacial score (nSPS) is 7.91. The van der Waals surface area contributed by atoms with Crippen molar-refractivity contribution in [2.45, 2.75) is 0 Å². The van der Waals surface area contributed by atoms with Gasteiger partial charge in [-0.05, 0) is 12.1 Å². The third-order valence-electron chi connectivity index (χ3n) is 0.915. The van der Waals surface area contributed by atoms with E-state index in [4.69, 9.17) is 16.7 Å². The number of carbonyl (C=O) groups is 1. The molecule has 1 rings (SSSR count). The Morgan fingerprint density at radius 3 is 2.64 bits per heavy atom. The number of aldehydes is 1. The molecule has 0 saturated heterocycles.